The van der Waals surface area contributed by atoms with E-state index in [-0.39, 0.29) is 25.2 Å². The van der Waals surface area contributed by atoms with Crippen LogP contribution in [-0.2, 0) is 6.61 Å². The first-order valence-corrected chi connectivity index (χ1v) is 8.78. The molecule has 1 atom stereocenters. The predicted molar refractivity (Wildman–Crippen MR) is 104 cm³/mol. The summed E-state index contributed by atoms with van der Waals surface area (Å²) < 4.78 is 5.85. The molecule has 7 nitrogen and oxygen atoms in total. The van der Waals surface area contributed by atoms with Crippen LogP contribution >= 0.6 is 0 Å². The topological polar surface area (TPSA) is 106 Å². The van der Waals surface area contributed by atoms with Crippen LogP contribution in [0.25, 0.3) is 5.57 Å². The Morgan fingerprint density at radius 2 is 2.19 bits per heavy atom. The number of aromatic nitrogens is 3. The lowest BCUT2D eigenvalue weighted by molar-refractivity contribution is 0.265. The Balaban J connectivity index is 2.11. The normalized spacial score (nSPS) is 11.8. The summed E-state index contributed by atoms with van der Waals surface area (Å²) in [6.45, 7) is 8.20. The van der Waals surface area contributed by atoms with Crippen LogP contribution in [0.3, 0.4) is 0 Å². The molecule has 0 bridgehead atoms. The van der Waals surface area contributed by atoms with Gasteiger partial charge in [0.25, 0.3) is 0 Å². The maximum absolute atomic E-state index is 9.57. The van der Waals surface area contributed by atoms with Crippen molar-refractivity contribution in [2.45, 2.75) is 45.8 Å². The number of nitrogens with zero attached hydrogens (tertiary/aromatic N) is 3. The second-order valence-electron chi connectivity index (χ2n) is 6.19. The molecule has 2 rings (SSSR count). The van der Waals surface area contributed by atoms with Gasteiger partial charge in [-0.2, -0.15) is 4.98 Å². The van der Waals surface area contributed by atoms with E-state index in [2.05, 4.69) is 33.8 Å². The minimum atomic E-state index is -0.114. The number of rotatable bonds is 10. The molecule has 4 N–H and O–H groups in total. The monoisotopic (exact) mass is 357 g/mol. The number of pyridine rings is 1. The Hall–Kier alpha value is -2.67. The molecule has 1 unspecified atom stereocenters. The maximum atomic E-state index is 9.57. The zero-order valence-electron chi connectivity index (χ0n) is 15.4. The van der Waals surface area contributed by atoms with E-state index in [1.54, 1.807) is 0 Å². The molecule has 0 aliphatic rings. The lowest BCUT2D eigenvalue weighted by Crippen LogP contribution is -2.25. The number of nitrogens with one attached hydrogen (secondary N) is 1. The van der Waals surface area contributed by atoms with Gasteiger partial charge in [-0.05, 0) is 31.1 Å². The van der Waals surface area contributed by atoms with Crippen LogP contribution in [0.2, 0.25) is 0 Å². The van der Waals surface area contributed by atoms with Gasteiger partial charge >= 0.3 is 0 Å². The molecule has 0 aliphatic carbocycles. The first-order chi connectivity index (χ1) is 12.5. The molecular weight excluding hydrogens is 330 g/mol. The lowest BCUT2D eigenvalue weighted by atomic mass is 10.1. The van der Waals surface area contributed by atoms with Crippen LogP contribution in [-0.4, -0.2) is 32.7 Å². The van der Waals surface area contributed by atoms with Gasteiger partial charge in [0.15, 0.2) is 11.6 Å². The number of hydrogen-bond acceptors (Lipinski definition) is 7. The molecule has 0 fully saturated rings. The highest BCUT2D eigenvalue weighted by atomic mass is 16.5. The molecule has 2 aromatic rings. The highest BCUT2D eigenvalue weighted by Gasteiger charge is 2.13. The van der Waals surface area contributed by atoms with E-state index in [0.717, 1.165) is 36.2 Å². The third-order valence-electron chi connectivity index (χ3n) is 3.86. The van der Waals surface area contributed by atoms with Crippen LogP contribution < -0.4 is 15.8 Å². The summed E-state index contributed by atoms with van der Waals surface area (Å²) in [5, 5.41) is 12.8. The van der Waals surface area contributed by atoms with Gasteiger partial charge < -0.3 is 20.9 Å². The number of hydrogen-bond donors (Lipinski definition) is 3. The number of nitrogens with two attached hydrogens (primary N) is 1. The SMILES string of the molecule is C=C(C)c1cccc(COc2cnc(N)nc2NC(CO)CCCC)n1. The van der Waals surface area contributed by atoms with Crippen molar-refractivity contribution >= 4 is 17.3 Å². The minimum absolute atomic E-state index is 0.00552. The second-order valence-corrected chi connectivity index (χ2v) is 6.19. The Labute approximate surface area is 154 Å². The third-order valence-corrected chi connectivity index (χ3v) is 3.86. The van der Waals surface area contributed by atoms with Crippen molar-refractivity contribution in [3.63, 3.8) is 0 Å². The van der Waals surface area contributed by atoms with Crippen molar-refractivity contribution in [2.24, 2.45) is 0 Å². The van der Waals surface area contributed by atoms with Crippen LogP contribution in [0.15, 0.2) is 31.0 Å². The molecule has 0 radical (unpaired) electrons. The quantitative estimate of drug-likeness (QED) is 0.600. The van der Waals surface area contributed by atoms with E-state index in [1.807, 2.05) is 25.1 Å². The van der Waals surface area contributed by atoms with E-state index in [1.165, 1.54) is 6.20 Å². The fourth-order valence-corrected chi connectivity index (χ4v) is 2.40. The molecule has 0 amide bonds. The molecular formula is C19H27N5O2. The van der Waals surface area contributed by atoms with Gasteiger partial charge in [-0.25, -0.2) is 9.97 Å². The fraction of sp³-hybridized carbons (Fsp3) is 0.421. The standard InChI is InChI=1S/C19H27N5O2/c1-4-5-7-14(11-25)23-18-17(10-21-19(20)24-18)26-12-15-8-6-9-16(22-15)13(2)3/h6,8-10,14,25H,2,4-5,7,11-12H2,1,3H3,(H3,20,21,23,24). The summed E-state index contributed by atoms with van der Waals surface area (Å²) >= 11 is 0. The lowest BCUT2D eigenvalue weighted by Gasteiger charge is -2.19. The summed E-state index contributed by atoms with van der Waals surface area (Å²) in [4.78, 5) is 12.7. The summed E-state index contributed by atoms with van der Waals surface area (Å²) in [7, 11) is 0. The molecule has 140 valence electrons. The smallest absolute Gasteiger partial charge is 0.222 e. The van der Waals surface area contributed by atoms with Gasteiger partial charge in [0.1, 0.15) is 6.61 Å². The molecule has 7 heteroatoms. The minimum Gasteiger partial charge on any atom is -0.482 e. The molecule has 2 aromatic heterocycles. The van der Waals surface area contributed by atoms with Crippen molar-refractivity contribution in [1.82, 2.24) is 15.0 Å². The summed E-state index contributed by atoms with van der Waals surface area (Å²) in [5.74, 6) is 1.09. The highest BCUT2D eigenvalue weighted by Crippen LogP contribution is 2.24. The molecule has 2 heterocycles. The largest absolute Gasteiger partial charge is 0.482 e. The van der Waals surface area contributed by atoms with E-state index in [9.17, 15) is 5.11 Å². The maximum Gasteiger partial charge on any atom is 0.222 e. The predicted octanol–water partition coefficient (Wildman–Crippen LogP) is 3.03. The Bertz CT molecular complexity index is 736. The van der Waals surface area contributed by atoms with Crippen molar-refractivity contribution in [3.05, 3.63) is 42.4 Å². The summed E-state index contributed by atoms with van der Waals surface area (Å²) in [6.07, 6.45) is 4.42. The molecule has 0 saturated carbocycles. The highest BCUT2D eigenvalue weighted by molar-refractivity contribution is 5.57. The Morgan fingerprint density at radius 1 is 1.38 bits per heavy atom. The zero-order chi connectivity index (χ0) is 18.9. The van der Waals surface area contributed by atoms with E-state index in [4.69, 9.17) is 10.5 Å². The Morgan fingerprint density at radius 3 is 2.88 bits per heavy atom. The number of aliphatic hydroxyl groups is 1. The average Bonchev–Trinajstić information content (AvgIpc) is 2.64. The van der Waals surface area contributed by atoms with Crippen molar-refractivity contribution in [1.29, 1.82) is 0 Å². The summed E-state index contributed by atoms with van der Waals surface area (Å²) in [6, 6.07) is 5.60. The number of unbranched alkanes of at least 4 members (excludes halogenated alkanes) is 1. The van der Waals surface area contributed by atoms with Gasteiger partial charge in [-0.15, -0.1) is 0 Å². The van der Waals surface area contributed by atoms with Gasteiger partial charge in [0.2, 0.25) is 5.95 Å². The van der Waals surface area contributed by atoms with Gasteiger partial charge in [-0.3, -0.25) is 0 Å². The number of ether oxygens (including phenoxy) is 1. The number of nitrogen functional groups attached to an aromatic ring is 1. The Kier molecular flexibility index (Phi) is 7.35. The summed E-state index contributed by atoms with van der Waals surface area (Å²) in [5.41, 5.74) is 8.21. The molecule has 26 heavy (non-hydrogen) atoms. The average molecular weight is 357 g/mol. The first-order valence-electron chi connectivity index (χ1n) is 8.78. The van der Waals surface area contributed by atoms with Crippen molar-refractivity contribution in [3.8, 4) is 5.75 Å². The van der Waals surface area contributed by atoms with Crippen molar-refractivity contribution < 1.29 is 9.84 Å². The van der Waals surface area contributed by atoms with E-state index < -0.39 is 0 Å². The number of aliphatic hydroxyl groups excluding tert-OH is 1. The number of anilines is 2. The van der Waals surface area contributed by atoms with Gasteiger partial charge in [0.05, 0.1) is 30.2 Å². The second kappa shape index (κ2) is 9.72. The van der Waals surface area contributed by atoms with Crippen molar-refractivity contribution in [2.75, 3.05) is 17.7 Å². The van der Waals surface area contributed by atoms with E-state index in [0.29, 0.717) is 11.6 Å². The van der Waals surface area contributed by atoms with Gasteiger partial charge in [0, 0.05) is 0 Å². The van der Waals surface area contributed by atoms with E-state index >= 15 is 0 Å². The van der Waals surface area contributed by atoms with Crippen LogP contribution in [0.4, 0.5) is 11.8 Å². The van der Waals surface area contributed by atoms with Gasteiger partial charge in [-0.1, -0.05) is 32.4 Å². The first kappa shape index (κ1) is 19.7. The fourth-order valence-electron chi connectivity index (χ4n) is 2.40. The molecule has 0 saturated heterocycles. The molecule has 0 aromatic carbocycles. The molecule has 0 spiro atoms. The number of allylic oxidation sites excluding steroid dienone is 1. The molecule has 0 aliphatic heterocycles. The third kappa shape index (κ3) is 5.70. The van der Waals surface area contributed by atoms with Crippen LogP contribution in [0.1, 0.15) is 44.5 Å². The van der Waals surface area contributed by atoms with Crippen LogP contribution in [0, 0.1) is 0 Å². The van der Waals surface area contributed by atoms with Crippen LogP contribution in [0.5, 0.6) is 5.75 Å². The zero-order valence-corrected chi connectivity index (χ0v) is 15.4.